The predicted molar refractivity (Wildman–Crippen MR) is 69.5 cm³/mol. The molecular weight excluding hydrogens is 212 g/mol. The van der Waals surface area contributed by atoms with Gasteiger partial charge >= 0.3 is 0 Å². The molecule has 1 atom stereocenters. The van der Waals surface area contributed by atoms with Gasteiger partial charge in [-0.2, -0.15) is 0 Å². The van der Waals surface area contributed by atoms with Crippen molar-refractivity contribution in [3.05, 3.63) is 0 Å². The predicted octanol–water partition coefficient (Wildman–Crippen LogP) is 2.15. The molecule has 1 heterocycles. The molecule has 1 amide bonds. The van der Waals surface area contributed by atoms with Gasteiger partial charge in [-0.15, -0.1) is 0 Å². The second-order valence-corrected chi connectivity index (χ2v) is 6.97. The highest BCUT2D eigenvalue weighted by atomic mass is 16.2. The van der Waals surface area contributed by atoms with E-state index in [1.165, 1.54) is 0 Å². The molecule has 17 heavy (non-hydrogen) atoms. The average Bonchev–Trinajstić information content (AvgIpc) is 2.84. The SMILES string of the molecule is CC(C)(C)C1CCN(C(=O)C2(N)CCCC2)C1. The van der Waals surface area contributed by atoms with Crippen molar-refractivity contribution in [3.63, 3.8) is 0 Å². The van der Waals surface area contributed by atoms with E-state index in [2.05, 4.69) is 20.8 Å². The van der Waals surface area contributed by atoms with Gasteiger partial charge in [0.2, 0.25) is 5.91 Å². The summed E-state index contributed by atoms with van der Waals surface area (Å²) in [6.45, 7) is 8.60. The Hall–Kier alpha value is -0.570. The molecule has 0 aromatic carbocycles. The van der Waals surface area contributed by atoms with Crippen molar-refractivity contribution in [2.24, 2.45) is 17.1 Å². The van der Waals surface area contributed by atoms with Gasteiger partial charge in [-0.1, -0.05) is 33.6 Å². The van der Waals surface area contributed by atoms with Crippen molar-refractivity contribution in [3.8, 4) is 0 Å². The number of nitrogens with two attached hydrogens (primary N) is 1. The van der Waals surface area contributed by atoms with Crippen LogP contribution >= 0.6 is 0 Å². The highest BCUT2D eigenvalue weighted by Gasteiger charge is 2.43. The van der Waals surface area contributed by atoms with Crippen molar-refractivity contribution >= 4 is 5.91 Å². The smallest absolute Gasteiger partial charge is 0.242 e. The summed E-state index contributed by atoms with van der Waals surface area (Å²) in [7, 11) is 0. The van der Waals surface area contributed by atoms with Crippen molar-refractivity contribution in [1.82, 2.24) is 4.90 Å². The van der Waals surface area contributed by atoms with Gasteiger partial charge < -0.3 is 10.6 Å². The quantitative estimate of drug-likeness (QED) is 0.761. The Labute approximate surface area is 105 Å². The molecule has 2 aliphatic rings. The largest absolute Gasteiger partial charge is 0.341 e. The highest BCUT2D eigenvalue weighted by molar-refractivity contribution is 5.86. The second kappa shape index (κ2) is 4.27. The average molecular weight is 238 g/mol. The van der Waals surface area contributed by atoms with E-state index < -0.39 is 5.54 Å². The van der Waals surface area contributed by atoms with E-state index in [1.807, 2.05) is 4.90 Å². The minimum Gasteiger partial charge on any atom is -0.341 e. The van der Waals surface area contributed by atoms with E-state index in [1.54, 1.807) is 0 Å². The van der Waals surface area contributed by atoms with Gasteiger partial charge in [-0.3, -0.25) is 4.79 Å². The zero-order valence-corrected chi connectivity index (χ0v) is 11.5. The van der Waals surface area contributed by atoms with Gasteiger partial charge in [0, 0.05) is 13.1 Å². The number of carbonyl (C=O) groups excluding carboxylic acids is 1. The van der Waals surface area contributed by atoms with E-state index in [4.69, 9.17) is 5.73 Å². The van der Waals surface area contributed by atoms with Crippen LogP contribution in [-0.4, -0.2) is 29.4 Å². The van der Waals surface area contributed by atoms with E-state index in [-0.39, 0.29) is 5.91 Å². The number of hydrogen-bond acceptors (Lipinski definition) is 2. The Morgan fingerprint density at radius 2 is 1.88 bits per heavy atom. The fraction of sp³-hybridized carbons (Fsp3) is 0.929. The fourth-order valence-electron chi connectivity index (χ4n) is 3.19. The van der Waals surface area contributed by atoms with Crippen LogP contribution in [0.5, 0.6) is 0 Å². The van der Waals surface area contributed by atoms with E-state index >= 15 is 0 Å². The molecule has 0 radical (unpaired) electrons. The molecule has 1 saturated carbocycles. The lowest BCUT2D eigenvalue weighted by molar-refractivity contribution is -0.136. The summed E-state index contributed by atoms with van der Waals surface area (Å²) >= 11 is 0. The van der Waals surface area contributed by atoms with Crippen molar-refractivity contribution in [2.75, 3.05) is 13.1 Å². The summed E-state index contributed by atoms with van der Waals surface area (Å²) in [5, 5.41) is 0. The van der Waals surface area contributed by atoms with Crippen LogP contribution < -0.4 is 5.73 Å². The lowest BCUT2D eigenvalue weighted by Crippen LogP contribution is -2.53. The van der Waals surface area contributed by atoms with E-state index in [9.17, 15) is 4.79 Å². The maximum absolute atomic E-state index is 12.4. The zero-order chi connectivity index (χ0) is 12.7. The van der Waals surface area contributed by atoms with Crippen LogP contribution in [0.2, 0.25) is 0 Å². The van der Waals surface area contributed by atoms with Crippen molar-refractivity contribution in [2.45, 2.75) is 58.4 Å². The van der Waals surface area contributed by atoms with Crippen molar-refractivity contribution < 1.29 is 4.79 Å². The minimum atomic E-state index is -0.535. The van der Waals surface area contributed by atoms with Gasteiger partial charge in [0.25, 0.3) is 0 Å². The molecule has 1 aliphatic carbocycles. The Morgan fingerprint density at radius 3 is 2.35 bits per heavy atom. The molecular formula is C14H26N2O. The molecule has 0 aromatic heterocycles. The first-order valence-corrected chi connectivity index (χ1v) is 6.91. The van der Waals surface area contributed by atoms with E-state index in [0.717, 1.165) is 45.2 Å². The summed E-state index contributed by atoms with van der Waals surface area (Å²) in [5.41, 5.74) is 6.01. The molecule has 3 heteroatoms. The minimum absolute atomic E-state index is 0.210. The number of hydrogen-bond donors (Lipinski definition) is 1. The maximum Gasteiger partial charge on any atom is 0.242 e. The van der Waals surface area contributed by atoms with Gasteiger partial charge in [0.05, 0.1) is 5.54 Å². The number of carbonyl (C=O) groups is 1. The van der Waals surface area contributed by atoms with Crippen LogP contribution in [0.25, 0.3) is 0 Å². The standard InChI is InChI=1S/C14H26N2O/c1-13(2,3)11-6-9-16(10-11)12(17)14(15)7-4-5-8-14/h11H,4-10,15H2,1-3H3. The highest BCUT2D eigenvalue weighted by Crippen LogP contribution is 2.36. The molecule has 2 fully saturated rings. The molecule has 0 bridgehead atoms. The summed E-state index contributed by atoms with van der Waals surface area (Å²) in [6, 6.07) is 0. The lowest BCUT2D eigenvalue weighted by atomic mass is 9.80. The molecule has 2 N–H and O–H groups in total. The molecule has 3 nitrogen and oxygen atoms in total. The monoisotopic (exact) mass is 238 g/mol. The number of rotatable bonds is 1. The Balaban J connectivity index is 1.99. The van der Waals surface area contributed by atoms with E-state index in [0.29, 0.717) is 11.3 Å². The summed E-state index contributed by atoms with van der Waals surface area (Å²) in [5.74, 6) is 0.832. The molecule has 1 aliphatic heterocycles. The van der Waals surface area contributed by atoms with Crippen LogP contribution in [-0.2, 0) is 4.79 Å². The van der Waals surface area contributed by atoms with Gasteiger partial charge in [-0.25, -0.2) is 0 Å². The van der Waals surface area contributed by atoms with Gasteiger partial charge in [0.15, 0.2) is 0 Å². The zero-order valence-electron chi connectivity index (χ0n) is 11.5. The second-order valence-electron chi connectivity index (χ2n) is 6.97. The summed E-state index contributed by atoms with van der Waals surface area (Å²) < 4.78 is 0. The third-order valence-electron chi connectivity index (χ3n) is 4.62. The first kappa shape index (κ1) is 12.9. The summed E-state index contributed by atoms with van der Waals surface area (Å²) in [6.07, 6.45) is 5.11. The molecule has 1 unspecified atom stereocenters. The Kier molecular flexibility index (Phi) is 3.23. The number of nitrogens with zero attached hydrogens (tertiary/aromatic N) is 1. The lowest BCUT2D eigenvalue weighted by Gasteiger charge is -2.30. The molecule has 98 valence electrons. The normalized spacial score (nSPS) is 28.7. The fourth-order valence-corrected chi connectivity index (χ4v) is 3.19. The number of likely N-dealkylation sites (tertiary alicyclic amines) is 1. The maximum atomic E-state index is 12.4. The van der Waals surface area contributed by atoms with Crippen LogP contribution in [0.4, 0.5) is 0 Å². The van der Waals surface area contributed by atoms with Crippen LogP contribution in [0.15, 0.2) is 0 Å². The van der Waals surface area contributed by atoms with Gasteiger partial charge in [-0.05, 0) is 30.6 Å². The van der Waals surface area contributed by atoms with Crippen LogP contribution in [0.3, 0.4) is 0 Å². The summed E-state index contributed by atoms with van der Waals surface area (Å²) in [4.78, 5) is 14.5. The first-order chi connectivity index (χ1) is 7.83. The Morgan fingerprint density at radius 1 is 1.29 bits per heavy atom. The topological polar surface area (TPSA) is 46.3 Å². The molecule has 2 rings (SSSR count). The molecule has 0 spiro atoms. The third-order valence-corrected chi connectivity index (χ3v) is 4.62. The third kappa shape index (κ3) is 2.49. The molecule has 1 saturated heterocycles. The Bertz CT molecular complexity index is 300. The molecule has 0 aromatic rings. The number of amides is 1. The van der Waals surface area contributed by atoms with Crippen LogP contribution in [0, 0.1) is 11.3 Å². The van der Waals surface area contributed by atoms with Crippen molar-refractivity contribution in [1.29, 1.82) is 0 Å². The van der Waals surface area contributed by atoms with Gasteiger partial charge in [0.1, 0.15) is 0 Å². The first-order valence-electron chi connectivity index (χ1n) is 6.91. The van der Waals surface area contributed by atoms with Crippen LogP contribution in [0.1, 0.15) is 52.9 Å².